The van der Waals surface area contributed by atoms with Gasteiger partial charge in [0.15, 0.2) is 0 Å². The molecule has 3 N–H and O–H groups in total. The number of primary amides is 1. The fourth-order valence-corrected chi connectivity index (χ4v) is 1.53. The zero-order valence-electron chi connectivity index (χ0n) is 9.59. The molecule has 0 saturated heterocycles. The van der Waals surface area contributed by atoms with Crippen molar-refractivity contribution in [1.29, 1.82) is 0 Å². The van der Waals surface area contributed by atoms with Crippen LogP contribution in [-0.2, 0) is 4.74 Å². The van der Waals surface area contributed by atoms with E-state index in [1.54, 1.807) is 0 Å². The molecular weight excluding hydrogens is 278 g/mol. The number of nitrogens with one attached hydrogen (secondary N) is 1. The van der Waals surface area contributed by atoms with Crippen molar-refractivity contribution >= 4 is 29.3 Å². The molecule has 19 heavy (non-hydrogen) atoms. The predicted molar refractivity (Wildman–Crippen MR) is 66.0 cm³/mol. The van der Waals surface area contributed by atoms with Crippen LogP contribution in [0.4, 0.5) is 10.5 Å². The molecule has 0 aliphatic heterocycles. The Morgan fingerprint density at radius 2 is 2.16 bits per heavy atom. The van der Waals surface area contributed by atoms with Crippen molar-refractivity contribution in [2.24, 2.45) is 5.73 Å². The van der Waals surface area contributed by atoms with Crippen LogP contribution in [0, 0.1) is 10.1 Å². The Balaban J connectivity index is 2.70. The smallest absolute Gasteiger partial charge is 0.404 e. The molecular formula is C10H10ClN3O5. The number of hydrogen-bond acceptors (Lipinski definition) is 5. The molecule has 1 aromatic rings. The van der Waals surface area contributed by atoms with Gasteiger partial charge in [-0.05, 0) is 6.07 Å². The highest BCUT2D eigenvalue weighted by Gasteiger charge is 2.19. The van der Waals surface area contributed by atoms with Crippen LogP contribution in [0.2, 0.25) is 5.02 Å². The summed E-state index contributed by atoms with van der Waals surface area (Å²) in [4.78, 5) is 31.9. The third kappa shape index (κ3) is 4.11. The van der Waals surface area contributed by atoms with Gasteiger partial charge >= 0.3 is 6.09 Å². The second-order valence-electron chi connectivity index (χ2n) is 3.32. The third-order valence-electron chi connectivity index (χ3n) is 2.05. The molecule has 0 saturated carbocycles. The minimum atomic E-state index is -0.956. The quantitative estimate of drug-likeness (QED) is 0.476. The van der Waals surface area contributed by atoms with Crippen molar-refractivity contribution < 1.29 is 19.2 Å². The zero-order valence-corrected chi connectivity index (χ0v) is 10.3. The number of amides is 2. The Hall–Kier alpha value is -2.35. The maximum Gasteiger partial charge on any atom is 0.404 e. The number of benzene rings is 1. The monoisotopic (exact) mass is 287 g/mol. The number of carbonyl (C=O) groups excluding carboxylic acids is 2. The lowest BCUT2D eigenvalue weighted by molar-refractivity contribution is -0.384. The number of halogens is 1. The minimum Gasteiger partial charge on any atom is -0.448 e. The van der Waals surface area contributed by atoms with Crippen molar-refractivity contribution in [3.8, 4) is 0 Å². The van der Waals surface area contributed by atoms with E-state index in [1.807, 2.05) is 0 Å². The molecule has 0 spiro atoms. The minimum absolute atomic E-state index is 0.0147. The van der Waals surface area contributed by atoms with E-state index in [1.165, 1.54) is 18.2 Å². The van der Waals surface area contributed by atoms with Gasteiger partial charge in [-0.1, -0.05) is 17.7 Å². The first-order chi connectivity index (χ1) is 8.93. The molecule has 1 aromatic carbocycles. The molecule has 0 unspecified atom stereocenters. The molecule has 9 heteroatoms. The fourth-order valence-electron chi connectivity index (χ4n) is 1.25. The number of rotatable bonds is 5. The molecule has 0 aliphatic rings. The topological polar surface area (TPSA) is 125 Å². The second kappa shape index (κ2) is 6.55. The van der Waals surface area contributed by atoms with E-state index >= 15 is 0 Å². The molecule has 0 heterocycles. The summed E-state index contributed by atoms with van der Waals surface area (Å²) in [5, 5.41) is 12.8. The van der Waals surface area contributed by atoms with Crippen molar-refractivity contribution in [3.63, 3.8) is 0 Å². The van der Waals surface area contributed by atoms with Gasteiger partial charge in [0.2, 0.25) is 0 Å². The van der Waals surface area contributed by atoms with E-state index in [0.717, 1.165) is 0 Å². The SMILES string of the molecule is NC(=O)OCCNC(=O)c1cccc([N+](=O)[O-])c1Cl. The summed E-state index contributed by atoms with van der Waals surface area (Å²) in [6, 6.07) is 3.88. The van der Waals surface area contributed by atoms with E-state index in [0.29, 0.717) is 0 Å². The number of nitro benzene ring substituents is 1. The fraction of sp³-hybridized carbons (Fsp3) is 0.200. The number of nitrogens with two attached hydrogens (primary N) is 1. The summed E-state index contributed by atoms with van der Waals surface area (Å²) in [5.74, 6) is -0.609. The molecule has 8 nitrogen and oxygen atoms in total. The summed E-state index contributed by atoms with van der Waals surface area (Å²) in [7, 11) is 0. The molecule has 0 aromatic heterocycles. The number of carbonyl (C=O) groups is 2. The number of ether oxygens (including phenoxy) is 1. The maximum atomic E-state index is 11.7. The average molecular weight is 288 g/mol. The van der Waals surface area contributed by atoms with Crippen LogP contribution in [0.25, 0.3) is 0 Å². The van der Waals surface area contributed by atoms with Crippen LogP contribution in [0.5, 0.6) is 0 Å². The van der Waals surface area contributed by atoms with Gasteiger partial charge in [0, 0.05) is 6.07 Å². The van der Waals surface area contributed by atoms with Gasteiger partial charge in [0.05, 0.1) is 17.0 Å². The van der Waals surface area contributed by atoms with Gasteiger partial charge in [0.1, 0.15) is 11.6 Å². The number of nitro groups is 1. The van der Waals surface area contributed by atoms with Crippen molar-refractivity contribution in [2.75, 3.05) is 13.2 Å². The lowest BCUT2D eigenvalue weighted by Gasteiger charge is -2.06. The molecule has 2 amide bonds. The predicted octanol–water partition coefficient (Wildman–Crippen LogP) is 1.07. The number of nitrogens with zero attached hydrogens (tertiary/aromatic N) is 1. The first kappa shape index (κ1) is 14.7. The second-order valence-corrected chi connectivity index (χ2v) is 3.70. The highest BCUT2D eigenvalue weighted by atomic mass is 35.5. The van der Waals surface area contributed by atoms with Crippen molar-refractivity contribution in [1.82, 2.24) is 5.32 Å². The van der Waals surface area contributed by atoms with Crippen LogP contribution >= 0.6 is 11.6 Å². The Morgan fingerprint density at radius 3 is 2.74 bits per heavy atom. The molecule has 1 rings (SSSR count). The van der Waals surface area contributed by atoms with Gasteiger partial charge in [-0.3, -0.25) is 14.9 Å². The summed E-state index contributed by atoms with van der Waals surface area (Å²) in [6.07, 6.45) is -0.956. The number of hydrogen-bond donors (Lipinski definition) is 2. The molecule has 0 atom stereocenters. The van der Waals surface area contributed by atoms with Crippen LogP contribution in [0.1, 0.15) is 10.4 Å². The largest absolute Gasteiger partial charge is 0.448 e. The lowest BCUT2D eigenvalue weighted by atomic mass is 10.2. The van der Waals surface area contributed by atoms with Gasteiger partial charge in [-0.15, -0.1) is 0 Å². The summed E-state index contributed by atoms with van der Waals surface area (Å²) in [6.45, 7) is -0.0889. The molecule has 0 bridgehead atoms. The Labute approximate surface area is 112 Å². The van der Waals surface area contributed by atoms with Gasteiger partial charge < -0.3 is 15.8 Å². The first-order valence-electron chi connectivity index (χ1n) is 5.07. The summed E-state index contributed by atoms with van der Waals surface area (Å²) in [5.41, 5.74) is 4.34. The Morgan fingerprint density at radius 1 is 1.47 bits per heavy atom. The molecule has 0 aliphatic carbocycles. The van der Waals surface area contributed by atoms with E-state index in [2.05, 4.69) is 10.1 Å². The highest BCUT2D eigenvalue weighted by molar-refractivity contribution is 6.35. The van der Waals surface area contributed by atoms with E-state index in [-0.39, 0.29) is 29.4 Å². The van der Waals surface area contributed by atoms with Crippen molar-refractivity contribution in [2.45, 2.75) is 0 Å². The van der Waals surface area contributed by atoms with Crippen LogP contribution in [-0.4, -0.2) is 30.1 Å². The van der Waals surface area contributed by atoms with Gasteiger partial charge in [0.25, 0.3) is 11.6 Å². The Kier molecular flexibility index (Phi) is 5.07. The standard InChI is InChI=1S/C10H10ClN3O5/c11-8-6(2-1-3-7(8)14(17)18)9(15)13-4-5-19-10(12)16/h1-3H,4-5H2,(H2,12,16)(H,13,15). The van der Waals surface area contributed by atoms with E-state index in [9.17, 15) is 19.7 Å². The zero-order chi connectivity index (χ0) is 14.4. The van der Waals surface area contributed by atoms with Crippen LogP contribution in [0.15, 0.2) is 18.2 Å². The van der Waals surface area contributed by atoms with Crippen LogP contribution in [0.3, 0.4) is 0 Å². The average Bonchev–Trinajstić information content (AvgIpc) is 2.34. The van der Waals surface area contributed by atoms with Gasteiger partial charge in [-0.25, -0.2) is 4.79 Å². The molecule has 0 radical (unpaired) electrons. The van der Waals surface area contributed by atoms with E-state index < -0.39 is 16.9 Å². The van der Waals surface area contributed by atoms with Crippen molar-refractivity contribution in [3.05, 3.63) is 38.9 Å². The van der Waals surface area contributed by atoms with Crippen LogP contribution < -0.4 is 11.1 Å². The first-order valence-corrected chi connectivity index (χ1v) is 5.44. The summed E-state index contributed by atoms with van der Waals surface area (Å²) < 4.78 is 4.40. The Bertz CT molecular complexity index is 520. The molecule has 0 fully saturated rings. The molecule has 102 valence electrons. The van der Waals surface area contributed by atoms with Gasteiger partial charge in [-0.2, -0.15) is 0 Å². The highest BCUT2D eigenvalue weighted by Crippen LogP contribution is 2.27. The normalized spacial score (nSPS) is 9.74. The maximum absolute atomic E-state index is 11.7. The summed E-state index contributed by atoms with van der Waals surface area (Å²) >= 11 is 5.75. The lowest BCUT2D eigenvalue weighted by Crippen LogP contribution is -2.29. The third-order valence-corrected chi connectivity index (χ3v) is 2.45. The van der Waals surface area contributed by atoms with E-state index in [4.69, 9.17) is 17.3 Å².